The molecule has 0 aromatic heterocycles. The molecule has 1 saturated heterocycles. The summed E-state index contributed by atoms with van der Waals surface area (Å²) in [4.78, 5) is 14.5. The van der Waals surface area contributed by atoms with Crippen molar-refractivity contribution in [3.63, 3.8) is 0 Å². The molecule has 1 unspecified atom stereocenters. The fourth-order valence-corrected chi connectivity index (χ4v) is 3.18. The highest BCUT2D eigenvalue weighted by atomic mass is 16.5. The molecule has 1 amide bonds. The van der Waals surface area contributed by atoms with Gasteiger partial charge in [-0.25, -0.2) is 0 Å². The first-order valence-corrected chi connectivity index (χ1v) is 8.43. The second-order valence-corrected chi connectivity index (χ2v) is 5.88. The summed E-state index contributed by atoms with van der Waals surface area (Å²) in [6, 6.07) is 4.02. The minimum Gasteiger partial charge on any atom is -0.493 e. The lowest BCUT2D eigenvalue weighted by Crippen LogP contribution is -2.42. The van der Waals surface area contributed by atoms with E-state index in [4.69, 9.17) is 14.2 Å². The van der Waals surface area contributed by atoms with Crippen LogP contribution in [0.25, 0.3) is 6.08 Å². The molecule has 2 rings (SSSR count). The van der Waals surface area contributed by atoms with Crippen LogP contribution in [0.4, 0.5) is 0 Å². The van der Waals surface area contributed by atoms with Gasteiger partial charge in [-0.05, 0) is 49.5 Å². The van der Waals surface area contributed by atoms with Gasteiger partial charge in [0, 0.05) is 18.7 Å². The van der Waals surface area contributed by atoms with Gasteiger partial charge in [0.1, 0.15) is 0 Å². The Hall–Kier alpha value is -2.17. The maximum absolute atomic E-state index is 12.5. The molecule has 1 atom stereocenters. The summed E-state index contributed by atoms with van der Waals surface area (Å²) >= 11 is 0. The smallest absolute Gasteiger partial charge is 0.246 e. The Balaban J connectivity index is 2.20. The van der Waals surface area contributed by atoms with E-state index in [9.17, 15) is 4.79 Å². The third-order valence-electron chi connectivity index (χ3n) is 4.49. The van der Waals surface area contributed by atoms with E-state index in [2.05, 4.69) is 6.92 Å². The molecule has 0 aliphatic carbocycles. The lowest BCUT2D eigenvalue weighted by atomic mass is 10.00. The van der Waals surface area contributed by atoms with Gasteiger partial charge in [-0.3, -0.25) is 4.79 Å². The van der Waals surface area contributed by atoms with E-state index in [1.807, 2.05) is 17.0 Å². The molecule has 1 aromatic carbocycles. The Morgan fingerprint density at radius 1 is 1.17 bits per heavy atom. The van der Waals surface area contributed by atoms with Gasteiger partial charge in [0.25, 0.3) is 0 Å². The van der Waals surface area contributed by atoms with Crippen LogP contribution in [0.3, 0.4) is 0 Å². The van der Waals surface area contributed by atoms with Crippen molar-refractivity contribution in [3.05, 3.63) is 23.8 Å². The van der Waals surface area contributed by atoms with Crippen LogP contribution >= 0.6 is 0 Å². The number of ether oxygens (including phenoxy) is 3. The van der Waals surface area contributed by atoms with E-state index < -0.39 is 0 Å². The van der Waals surface area contributed by atoms with Gasteiger partial charge in [0.2, 0.25) is 11.7 Å². The number of nitrogens with zero attached hydrogens (tertiary/aromatic N) is 1. The molecular weight excluding hydrogens is 306 g/mol. The molecule has 1 aliphatic heterocycles. The molecule has 1 heterocycles. The minimum atomic E-state index is 0.0651. The number of hydrogen-bond donors (Lipinski definition) is 0. The second-order valence-electron chi connectivity index (χ2n) is 5.88. The van der Waals surface area contributed by atoms with Crippen LogP contribution in [0, 0.1) is 0 Å². The number of rotatable bonds is 6. The minimum absolute atomic E-state index is 0.0651. The molecule has 1 aliphatic rings. The van der Waals surface area contributed by atoms with Crippen molar-refractivity contribution < 1.29 is 19.0 Å². The van der Waals surface area contributed by atoms with Crippen LogP contribution in [0.5, 0.6) is 17.2 Å². The van der Waals surface area contributed by atoms with Crippen molar-refractivity contribution in [1.29, 1.82) is 0 Å². The number of carbonyl (C=O) groups is 1. The average molecular weight is 333 g/mol. The summed E-state index contributed by atoms with van der Waals surface area (Å²) in [5, 5.41) is 0. The van der Waals surface area contributed by atoms with Gasteiger partial charge in [-0.2, -0.15) is 0 Å². The van der Waals surface area contributed by atoms with E-state index in [0.29, 0.717) is 23.3 Å². The maximum atomic E-state index is 12.5. The lowest BCUT2D eigenvalue weighted by Gasteiger charge is -2.34. The molecule has 0 radical (unpaired) electrons. The number of piperidine rings is 1. The third-order valence-corrected chi connectivity index (χ3v) is 4.49. The third kappa shape index (κ3) is 4.02. The summed E-state index contributed by atoms with van der Waals surface area (Å²) in [5.74, 6) is 1.77. The first-order valence-electron chi connectivity index (χ1n) is 8.43. The quantitative estimate of drug-likeness (QED) is 0.748. The maximum Gasteiger partial charge on any atom is 0.246 e. The number of carbonyl (C=O) groups excluding carboxylic acids is 1. The van der Waals surface area contributed by atoms with Crippen molar-refractivity contribution in [2.75, 3.05) is 27.9 Å². The topological polar surface area (TPSA) is 48.0 Å². The zero-order chi connectivity index (χ0) is 17.5. The molecule has 0 saturated carbocycles. The Morgan fingerprint density at radius 2 is 1.83 bits per heavy atom. The molecule has 1 fully saturated rings. The highest BCUT2D eigenvalue weighted by Crippen LogP contribution is 2.38. The summed E-state index contributed by atoms with van der Waals surface area (Å²) in [6.45, 7) is 2.98. The number of amides is 1. The molecule has 0 N–H and O–H groups in total. The Morgan fingerprint density at radius 3 is 2.38 bits per heavy atom. The highest BCUT2D eigenvalue weighted by molar-refractivity contribution is 5.92. The number of likely N-dealkylation sites (tertiary alicyclic amines) is 1. The fourth-order valence-electron chi connectivity index (χ4n) is 3.18. The Kier molecular flexibility index (Phi) is 6.53. The number of benzene rings is 1. The lowest BCUT2D eigenvalue weighted by molar-refractivity contribution is -0.129. The molecule has 132 valence electrons. The van der Waals surface area contributed by atoms with Crippen molar-refractivity contribution in [2.45, 2.75) is 38.6 Å². The largest absolute Gasteiger partial charge is 0.493 e. The normalized spacial score (nSPS) is 17.8. The first kappa shape index (κ1) is 18.2. The van der Waals surface area contributed by atoms with Crippen molar-refractivity contribution in [3.8, 4) is 17.2 Å². The SMILES string of the molecule is CCC1CCCCN1C(=O)C=Cc1cc(OC)c(OC)c(OC)c1. The Labute approximate surface area is 144 Å². The van der Waals surface area contributed by atoms with Crippen LogP contribution in [-0.2, 0) is 4.79 Å². The predicted octanol–water partition coefficient (Wildman–Crippen LogP) is 3.52. The van der Waals surface area contributed by atoms with Crippen LogP contribution < -0.4 is 14.2 Å². The molecule has 24 heavy (non-hydrogen) atoms. The van der Waals surface area contributed by atoms with Crippen molar-refractivity contribution >= 4 is 12.0 Å². The fraction of sp³-hybridized carbons (Fsp3) is 0.526. The molecular formula is C19H27NO4. The van der Waals surface area contributed by atoms with Crippen LogP contribution in [0.15, 0.2) is 18.2 Å². The average Bonchev–Trinajstić information content (AvgIpc) is 2.64. The van der Waals surface area contributed by atoms with Crippen molar-refractivity contribution in [1.82, 2.24) is 4.90 Å². The van der Waals surface area contributed by atoms with Crippen LogP contribution in [0.2, 0.25) is 0 Å². The summed E-state index contributed by atoms with van der Waals surface area (Å²) < 4.78 is 16.0. The molecule has 5 nitrogen and oxygen atoms in total. The van der Waals surface area contributed by atoms with Gasteiger partial charge in [0.05, 0.1) is 21.3 Å². The standard InChI is InChI=1S/C19H27NO4/c1-5-15-8-6-7-11-20(15)18(21)10-9-14-12-16(22-2)19(24-4)17(13-14)23-3/h9-10,12-13,15H,5-8,11H2,1-4H3. The van der Waals surface area contributed by atoms with E-state index in [-0.39, 0.29) is 5.91 Å². The van der Waals surface area contributed by atoms with Gasteiger partial charge < -0.3 is 19.1 Å². The second kappa shape index (κ2) is 8.62. The van der Waals surface area contributed by atoms with Gasteiger partial charge >= 0.3 is 0 Å². The summed E-state index contributed by atoms with van der Waals surface area (Å²) in [7, 11) is 4.73. The van der Waals surface area contributed by atoms with Crippen LogP contribution in [-0.4, -0.2) is 44.7 Å². The van der Waals surface area contributed by atoms with Crippen molar-refractivity contribution in [2.24, 2.45) is 0 Å². The summed E-state index contributed by atoms with van der Waals surface area (Å²) in [6.07, 6.45) is 7.83. The molecule has 0 spiro atoms. The molecule has 1 aromatic rings. The predicted molar refractivity (Wildman–Crippen MR) is 94.8 cm³/mol. The van der Waals surface area contributed by atoms with Crippen LogP contribution in [0.1, 0.15) is 38.2 Å². The monoisotopic (exact) mass is 333 g/mol. The van der Waals surface area contributed by atoms with E-state index in [1.54, 1.807) is 33.5 Å². The number of methoxy groups -OCH3 is 3. The first-order chi connectivity index (χ1) is 11.6. The van der Waals surface area contributed by atoms with Gasteiger partial charge in [-0.1, -0.05) is 6.92 Å². The zero-order valence-corrected chi connectivity index (χ0v) is 15.0. The number of hydrogen-bond acceptors (Lipinski definition) is 4. The Bertz CT molecular complexity index is 572. The molecule has 0 bridgehead atoms. The van der Waals surface area contributed by atoms with E-state index in [0.717, 1.165) is 31.4 Å². The van der Waals surface area contributed by atoms with Gasteiger partial charge in [0.15, 0.2) is 11.5 Å². The highest BCUT2D eigenvalue weighted by Gasteiger charge is 2.23. The zero-order valence-electron chi connectivity index (χ0n) is 15.0. The summed E-state index contributed by atoms with van der Waals surface area (Å²) in [5.41, 5.74) is 0.836. The van der Waals surface area contributed by atoms with E-state index in [1.165, 1.54) is 6.42 Å². The molecule has 5 heteroatoms. The van der Waals surface area contributed by atoms with E-state index >= 15 is 0 Å². The van der Waals surface area contributed by atoms with Gasteiger partial charge in [-0.15, -0.1) is 0 Å².